The van der Waals surface area contributed by atoms with Gasteiger partial charge in [-0.05, 0) is 79.9 Å². The summed E-state index contributed by atoms with van der Waals surface area (Å²) < 4.78 is 24.6. The van der Waals surface area contributed by atoms with Gasteiger partial charge in [0.1, 0.15) is 12.4 Å². The van der Waals surface area contributed by atoms with Crippen molar-refractivity contribution in [2.45, 2.75) is 33.4 Å². The molecule has 0 spiro atoms. The molecule has 0 amide bonds. The molecule has 0 saturated carbocycles. The number of hydrogen-bond donors (Lipinski definition) is 0. The zero-order valence-corrected chi connectivity index (χ0v) is 25.8. The molecule has 0 saturated heterocycles. The molecule has 1 aliphatic rings. The zero-order valence-electron chi connectivity index (χ0n) is 24.3. The average molecular weight is 619 g/mol. The first-order chi connectivity index (χ1) is 20.8. The fourth-order valence-corrected chi connectivity index (χ4v) is 5.96. The summed E-state index contributed by atoms with van der Waals surface area (Å²) in [6, 6.07) is 19.6. The first-order valence-electron chi connectivity index (χ1n) is 13.8. The number of fused-ring (bicyclic) bond motifs is 1. The van der Waals surface area contributed by atoms with Crippen molar-refractivity contribution in [3.63, 3.8) is 0 Å². The SMILES string of the molecule is CCOC(=O)C1=C(C)N=c2s/c(=C\c3ccc(OCc4ccc(Cl)cc4)c(OCC)c3)c(=O)n2[C@@H]1c1ccc(OC)cc1. The Morgan fingerprint density at radius 3 is 2.42 bits per heavy atom. The van der Waals surface area contributed by atoms with Crippen LogP contribution >= 0.6 is 22.9 Å². The highest BCUT2D eigenvalue weighted by Crippen LogP contribution is 2.32. The summed E-state index contributed by atoms with van der Waals surface area (Å²) in [4.78, 5) is 32.2. The number of ether oxygens (including phenoxy) is 4. The summed E-state index contributed by atoms with van der Waals surface area (Å²) in [5.74, 6) is 1.31. The van der Waals surface area contributed by atoms with Crippen LogP contribution in [0.1, 0.15) is 43.5 Å². The third kappa shape index (κ3) is 6.53. The molecule has 0 fully saturated rings. The molecule has 1 aliphatic heterocycles. The second-order valence-electron chi connectivity index (χ2n) is 9.63. The van der Waals surface area contributed by atoms with E-state index in [0.717, 1.165) is 16.7 Å². The Morgan fingerprint density at radius 1 is 1.00 bits per heavy atom. The number of allylic oxidation sites excluding steroid dienone is 1. The molecule has 10 heteroatoms. The van der Waals surface area contributed by atoms with Crippen LogP contribution in [0.5, 0.6) is 17.2 Å². The molecule has 8 nitrogen and oxygen atoms in total. The maximum atomic E-state index is 13.9. The lowest BCUT2D eigenvalue weighted by atomic mass is 9.96. The largest absolute Gasteiger partial charge is 0.497 e. The van der Waals surface area contributed by atoms with Gasteiger partial charge < -0.3 is 18.9 Å². The molecule has 0 radical (unpaired) electrons. The van der Waals surface area contributed by atoms with E-state index in [9.17, 15) is 9.59 Å². The summed E-state index contributed by atoms with van der Waals surface area (Å²) in [6.07, 6.45) is 1.80. The van der Waals surface area contributed by atoms with Crippen LogP contribution in [-0.4, -0.2) is 30.9 Å². The number of thiazole rings is 1. The van der Waals surface area contributed by atoms with Gasteiger partial charge in [-0.2, -0.15) is 0 Å². The Bertz CT molecular complexity index is 1840. The molecule has 222 valence electrons. The highest BCUT2D eigenvalue weighted by molar-refractivity contribution is 7.07. The van der Waals surface area contributed by atoms with Gasteiger partial charge in [-0.3, -0.25) is 9.36 Å². The van der Waals surface area contributed by atoms with E-state index in [1.807, 2.05) is 61.5 Å². The molecule has 5 rings (SSSR count). The van der Waals surface area contributed by atoms with Gasteiger partial charge in [0.05, 0.1) is 42.2 Å². The average Bonchev–Trinajstić information content (AvgIpc) is 3.31. The van der Waals surface area contributed by atoms with Gasteiger partial charge in [0.25, 0.3) is 5.56 Å². The lowest BCUT2D eigenvalue weighted by Gasteiger charge is -2.24. The molecule has 43 heavy (non-hydrogen) atoms. The standard InChI is InChI=1S/C33H31ClN2O6S/c1-5-40-27-17-22(9-16-26(27)42-19-21-7-12-24(34)13-8-21)18-28-31(37)36-30(23-10-14-25(39-4)15-11-23)29(32(38)41-6-2)20(3)35-33(36)43-28/h7-18,30H,5-6,19H2,1-4H3/b28-18-/t30-/m1/s1. The minimum atomic E-state index is -0.703. The lowest BCUT2D eigenvalue weighted by molar-refractivity contribution is -0.139. The molecule has 0 aliphatic carbocycles. The third-order valence-electron chi connectivity index (χ3n) is 6.82. The topological polar surface area (TPSA) is 88.4 Å². The molecule has 0 unspecified atom stereocenters. The molecular weight excluding hydrogens is 588 g/mol. The van der Waals surface area contributed by atoms with Crippen LogP contribution in [0.3, 0.4) is 0 Å². The van der Waals surface area contributed by atoms with Crippen molar-refractivity contribution in [1.82, 2.24) is 4.57 Å². The summed E-state index contributed by atoms with van der Waals surface area (Å²) in [5, 5.41) is 0.663. The molecule has 3 aromatic carbocycles. The Balaban J connectivity index is 1.54. The van der Waals surface area contributed by atoms with Crippen LogP contribution in [0.2, 0.25) is 5.02 Å². The van der Waals surface area contributed by atoms with Crippen LogP contribution in [0.25, 0.3) is 6.08 Å². The van der Waals surface area contributed by atoms with Gasteiger partial charge in [0.2, 0.25) is 0 Å². The molecule has 0 bridgehead atoms. The van der Waals surface area contributed by atoms with Crippen molar-refractivity contribution in [3.8, 4) is 17.2 Å². The van der Waals surface area contributed by atoms with Gasteiger partial charge >= 0.3 is 5.97 Å². The fourth-order valence-electron chi connectivity index (χ4n) is 4.79. The molecule has 4 aromatic rings. The minimum Gasteiger partial charge on any atom is -0.497 e. The predicted octanol–water partition coefficient (Wildman–Crippen LogP) is 5.44. The van der Waals surface area contributed by atoms with Gasteiger partial charge in [0.15, 0.2) is 16.3 Å². The fraction of sp³-hybridized carbons (Fsp3) is 0.242. The van der Waals surface area contributed by atoms with E-state index < -0.39 is 12.0 Å². The van der Waals surface area contributed by atoms with E-state index in [-0.39, 0.29) is 12.2 Å². The van der Waals surface area contributed by atoms with E-state index in [0.29, 0.717) is 56.1 Å². The summed E-state index contributed by atoms with van der Waals surface area (Å²) in [5.41, 5.74) is 3.04. The van der Waals surface area contributed by atoms with Crippen molar-refractivity contribution in [2.24, 2.45) is 4.99 Å². The Labute approximate surface area is 258 Å². The van der Waals surface area contributed by atoms with E-state index in [4.69, 9.17) is 30.5 Å². The van der Waals surface area contributed by atoms with Gasteiger partial charge in [-0.25, -0.2) is 9.79 Å². The van der Waals surface area contributed by atoms with Crippen molar-refractivity contribution < 1.29 is 23.7 Å². The predicted molar refractivity (Wildman–Crippen MR) is 167 cm³/mol. The number of benzene rings is 3. The highest BCUT2D eigenvalue weighted by atomic mass is 35.5. The number of nitrogens with zero attached hydrogens (tertiary/aromatic N) is 2. The van der Waals surface area contributed by atoms with E-state index in [1.165, 1.54) is 11.3 Å². The third-order valence-corrected chi connectivity index (χ3v) is 8.06. The van der Waals surface area contributed by atoms with Crippen LogP contribution in [0.4, 0.5) is 0 Å². The van der Waals surface area contributed by atoms with E-state index >= 15 is 0 Å². The second-order valence-corrected chi connectivity index (χ2v) is 11.1. The number of carbonyl (C=O) groups is 1. The molecular formula is C33H31ClN2O6S. The maximum Gasteiger partial charge on any atom is 0.338 e. The molecule has 1 atom stereocenters. The first-order valence-corrected chi connectivity index (χ1v) is 15.0. The smallest absolute Gasteiger partial charge is 0.338 e. The van der Waals surface area contributed by atoms with Crippen LogP contribution in [0, 0.1) is 0 Å². The second kappa shape index (κ2) is 13.3. The van der Waals surface area contributed by atoms with Crippen molar-refractivity contribution in [2.75, 3.05) is 20.3 Å². The number of halogens is 1. The lowest BCUT2D eigenvalue weighted by Crippen LogP contribution is -2.39. The zero-order chi connectivity index (χ0) is 30.5. The van der Waals surface area contributed by atoms with Crippen LogP contribution < -0.4 is 29.1 Å². The van der Waals surface area contributed by atoms with Crippen molar-refractivity contribution in [1.29, 1.82) is 0 Å². The first kappa shape index (κ1) is 30.1. The van der Waals surface area contributed by atoms with E-state index in [2.05, 4.69) is 4.99 Å². The Hall–Kier alpha value is -4.34. The number of aromatic nitrogens is 1. The van der Waals surface area contributed by atoms with Crippen molar-refractivity contribution >= 4 is 35.0 Å². The summed E-state index contributed by atoms with van der Waals surface area (Å²) >= 11 is 7.25. The van der Waals surface area contributed by atoms with Crippen LogP contribution in [0.15, 0.2) is 87.8 Å². The monoisotopic (exact) mass is 618 g/mol. The molecule has 1 aromatic heterocycles. The summed E-state index contributed by atoms with van der Waals surface area (Å²) in [7, 11) is 1.58. The maximum absolute atomic E-state index is 13.9. The highest BCUT2D eigenvalue weighted by Gasteiger charge is 2.33. The van der Waals surface area contributed by atoms with E-state index in [1.54, 1.807) is 43.7 Å². The number of carbonyl (C=O) groups excluding carboxylic acids is 1. The van der Waals surface area contributed by atoms with Crippen LogP contribution in [-0.2, 0) is 16.1 Å². The van der Waals surface area contributed by atoms with Gasteiger partial charge in [-0.1, -0.05) is 53.3 Å². The van der Waals surface area contributed by atoms with Gasteiger partial charge in [0, 0.05) is 5.02 Å². The van der Waals surface area contributed by atoms with Crippen molar-refractivity contribution in [3.05, 3.63) is 119 Å². The quantitative estimate of drug-likeness (QED) is 0.220. The summed E-state index contributed by atoms with van der Waals surface area (Å²) in [6.45, 7) is 6.41. The van der Waals surface area contributed by atoms with Gasteiger partial charge in [-0.15, -0.1) is 0 Å². The Kier molecular flexibility index (Phi) is 9.33. The number of hydrogen-bond acceptors (Lipinski definition) is 8. The number of esters is 1. The normalized spacial score (nSPS) is 14.6. The molecule has 2 heterocycles. The Morgan fingerprint density at radius 2 is 1.74 bits per heavy atom. The minimum absolute atomic E-state index is 0.205. The number of methoxy groups -OCH3 is 1. The number of rotatable bonds is 10. The molecule has 0 N–H and O–H groups in total.